The number of furan rings is 1. The van der Waals surface area contributed by atoms with Crippen molar-refractivity contribution in [1.82, 2.24) is 15.2 Å². The molecule has 2 aromatic carbocycles. The monoisotopic (exact) mass is 446 g/mol. The lowest BCUT2D eigenvalue weighted by Gasteiger charge is -2.38. The van der Waals surface area contributed by atoms with Gasteiger partial charge in [0.2, 0.25) is 11.7 Å². The van der Waals surface area contributed by atoms with Gasteiger partial charge in [-0.1, -0.05) is 18.2 Å². The SMILES string of the molecule is O=C(c1nccs1)C1CNCCN1C1CC(=O)N(c2ccc3c(c2)oc2ccccc23)C1. The number of para-hydroxylation sites is 1. The molecular weight excluding hydrogens is 424 g/mol. The van der Waals surface area contributed by atoms with Crippen LogP contribution in [0.25, 0.3) is 21.9 Å². The van der Waals surface area contributed by atoms with Crippen molar-refractivity contribution in [1.29, 1.82) is 0 Å². The van der Waals surface area contributed by atoms with E-state index in [0.29, 0.717) is 24.5 Å². The van der Waals surface area contributed by atoms with Crippen LogP contribution in [0.5, 0.6) is 0 Å². The van der Waals surface area contributed by atoms with Crippen molar-refractivity contribution in [3.05, 3.63) is 59.0 Å². The van der Waals surface area contributed by atoms with Gasteiger partial charge < -0.3 is 14.6 Å². The van der Waals surface area contributed by atoms with E-state index in [1.54, 1.807) is 6.20 Å². The summed E-state index contributed by atoms with van der Waals surface area (Å²) in [4.78, 5) is 34.3. The second kappa shape index (κ2) is 7.81. The van der Waals surface area contributed by atoms with E-state index in [4.69, 9.17) is 4.42 Å². The van der Waals surface area contributed by atoms with E-state index < -0.39 is 0 Å². The number of hydrogen-bond acceptors (Lipinski definition) is 7. The van der Waals surface area contributed by atoms with E-state index in [9.17, 15) is 9.59 Å². The summed E-state index contributed by atoms with van der Waals surface area (Å²) in [5, 5.41) is 7.79. The number of piperazine rings is 1. The third-order valence-corrected chi connectivity index (χ3v) is 7.27. The van der Waals surface area contributed by atoms with Gasteiger partial charge in [0, 0.05) is 72.7 Å². The van der Waals surface area contributed by atoms with E-state index >= 15 is 0 Å². The van der Waals surface area contributed by atoms with Gasteiger partial charge in [-0.3, -0.25) is 14.5 Å². The van der Waals surface area contributed by atoms with Crippen LogP contribution < -0.4 is 10.2 Å². The lowest BCUT2D eigenvalue weighted by molar-refractivity contribution is -0.117. The molecule has 6 rings (SSSR count). The van der Waals surface area contributed by atoms with Crippen LogP contribution in [0.1, 0.15) is 16.2 Å². The Labute approximate surface area is 188 Å². The molecule has 2 atom stereocenters. The van der Waals surface area contributed by atoms with E-state index in [1.165, 1.54) is 11.3 Å². The van der Waals surface area contributed by atoms with Gasteiger partial charge in [0.25, 0.3) is 0 Å². The summed E-state index contributed by atoms with van der Waals surface area (Å²) in [5.74, 6) is 0.103. The number of carbonyl (C=O) groups is 2. The number of ketones is 1. The molecule has 2 aliphatic rings. The number of Topliss-reactive ketones (excluding diaryl/α,β-unsaturated/α-hetero) is 1. The summed E-state index contributed by atoms with van der Waals surface area (Å²) in [6.45, 7) is 2.67. The zero-order valence-electron chi connectivity index (χ0n) is 17.4. The van der Waals surface area contributed by atoms with E-state index in [0.717, 1.165) is 40.7 Å². The molecule has 4 aromatic rings. The zero-order chi connectivity index (χ0) is 21.7. The number of aromatic nitrogens is 1. The molecule has 0 spiro atoms. The Balaban J connectivity index is 1.27. The molecule has 0 saturated carbocycles. The second-order valence-corrected chi connectivity index (χ2v) is 9.19. The standard InChI is InChI=1S/C24H22N4O3S/c29-22-12-16(27-9-7-25-13-19(27)23(30)24-26-8-10-32-24)14-28(22)15-5-6-18-17-3-1-2-4-20(17)31-21(18)11-15/h1-6,8,10-11,16,19,25H,7,9,12-14H2. The summed E-state index contributed by atoms with van der Waals surface area (Å²) in [6.07, 6.45) is 2.06. The molecule has 162 valence electrons. The molecule has 7 nitrogen and oxygen atoms in total. The number of nitrogens with one attached hydrogen (secondary N) is 1. The summed E-state index contributed by atoms with van der Waals surface area (Å²) in [6, 6.07) is 13.6. The highest BCUT2D eigenvalue weighted by atomic mass is 32.1. The number of nitrogens with zero attached hydrogens (tertiary/aromatic N) is 3. The zero-order valence-corrected chi connectivity index (χ0v) is 18.2. The maximum Gasteiger partial charge on any atom is 0.228 e. The number of benzene rings is 2. The van der Waals surface area contributed by atoms with Crippen LogP contribution >= 0.6 is 11.3 Å². The second-order valence-electron chi connectivity index (χ2n) is 8.30. The van der Waals surface area contributed by atoms with Crippen LogP contribution in [0.4, 0.5) is 5.69 Å². The molecule has 1 N–H and O–H groups in total. The first-order chi connectivity index (χ1) is 15.7. The maximum absolute atomic E-state index is 13.0. The Kier molecular flexibility index (Phi) is 4.78. The number of hydrogen-bond donors (Lipinski definition) is 1. The van der Waals surface area contributed by atoms with Crippen LogP contribution in [0.2, 0.25) is 0 Å². The minimum absolute atomic E-state index is 0.00937. The highest BCUT2D eigenvalue weighted by Gasteiger charge is 2.41. The lowest BCUT2D eigenvalue weighted by Crippen LogP contribution is -2.58. The van der Waals surface area contributed by atoms with Crippen molar-refractivity contribution in [3.8, 4) is 0 Å². The van der Waals surface area contributed by atoms with Gasteiger partial charge in [0.1, 0.15) is 11.2 Å². The fraction of sp³-hybridized carbons (Fsp3) is 0.292. The topological polar surface area (TPSA) is 78.7 Å². The minimum Gasteiger partial charge on any atom is -0.456 e. The van der Waals surface area contributed by atoms with Crippen molar-refractivity contribution in [2.75, 3.05) is 31.1 Å². The molecule has 4 heterocycles. The van der Waals surface area contributed by atoms with Crippen molar-refractivity contribution < 1.29 is 14.0 Å². The van der Waals surface area contributed by atoms with Gasteiger partial charge in [0.15, 0.2) is 5.01 Å². The largest absolute Gasteiger partial charge is 0.456 e. The highest BCUT2D eigenvalue weighted by Crippen LogP contribution is 2.33. The number of rotatable bonds is 4. The number of thiazole rings is 1. The summed E-state index contributed by atoms with van der Waals surface area (Å²) in [5.41, 5.74) is 2.45. The molecule has 2 unspecified atom stereocenters. The van der Waals surface area contributed by atoms with Gasteiger partial charge in [-0.2, -0.15) is 0 Å². The first-order valence-electron chi connectivity index (χ1n) is 10.8. The molecule has 8 heteroatoms. The Morgan fingerprint density at radius 2 is 2.03 bits per heavy atom. The summed E-state index contributed by atoms with van der Waals surface area (Å²) in [7, 11) is 0. The van der Waals surface area contributed by atoms with Crippen LogP contribution in [0, 0.1) is 0 Å². The number of fused-ring (bicyclic) bond motifs is 3. The van der Waals surface area contributed by atoms with Gasteiger partial charge in [-0.05, 0) is 18.2 Å². The van der Waals surface area contributed by atoms with E-state index in [1.807, 2.05) is 52.7 Å². The van der Waals surface area contributed by atoms with Crippen LogP contribution in [-0.4, -0.2) is 59.8 Å². The normalized spacial score (nSPS) is 22.2. The van der Waals surface area contributed by atoms with Crippen molar-refractivity contribution >= 4 is 50.7 Å². The third kappa shape index (κ3) is 3.23. The first kappa shape index (κ1) is 19.6. The minimum atomic E-state index is -0.300. The first-order valence-corrected chi connectivity index (χ1v) is 11.7. The molecule has 1 amide bonds. The molecule has 0 aliphatic carbocycles. The van der Waals surface area contributed by atoms with Gasteiger partial charge in [-0.15, -0.1) is 11.3 Å². The van der Waals surface area contributed by atoms with Gasteiger partial charge in [0.05, 0.1) is 6.04 Å². The smallest absolute Gasteiger partial charge is 0.228 e. The Morgan fingerprint density at radius 1 is 1.16 bits per heavy atom. The molecule has 2 fully saturated rings. The van der Waals surface area contributed by atoms with E-state index in [-0.39, 0.29) is 23.8 Å². The Morgan fingerprint density at radius 3 is 2.91 bits per heavy atom. The van der Waals surface area contributed by atoms with Crippen molar-refractivity contribution in [2.24, 2.45) is 0 Å². The van der Waals surface area contributed by atoms with Crippen LogP contribution in [0.3, 0.4) is 0 Å². The lowest BCUT2D eigenvalue weighted by atomic mass is 10.0. The van der Waals surface area contributed by atoms with Crippen LogP contribution in [-0.2, 0) is 4.79 Å². The average Bonchev–Trinajstić information content (AvgIpc) is 3.56. The predicted molar refractivity (Wildman–Crippen MR) is 124 cm³/mol. The predicted octanol–water partition coefficient (Wildman–Crippen LogP) is 3.30. The summed E-state index contributed by atoms with van der Waals surface area (Å²) < 4.78 is 6.01. The molecule has 0 bridgehead atoms. The number of carbonyl (C=O) groups excluding carboxylic acids is 2. The number of anilines is 1. The average molecular weight is 447 g/mol. The van der Waals surface area contributed by atoms with E-state index in [2.05, 4.69) is 15.2 Å². The van der Waals surface area contributed by atoms with Gasteiger partial charge in [-0.25, -0.2) is 4.98 Å². The summed E-state index contributed by atoms with van der Waals surface area (Å²) >= 11 is 1.37. The molecule has 32 heavy (non-hydrogen) atoms. The van der Waals surface area contributed by atoms with Crippen molar-refractivity contribution in [2.45, 2.75) is 18.5 Å². The Bertz CT molecular complexity index is 1320. The van der Waals surface area contributed by atoms with Crippen molar-refractivity contribution in [3.63, 3.8) is 0 Å². The Hall–Kier alpha value is -3.07. The molecule has 2 aromatic heterocycles. The molecular formula is C24H22N4O3S. The van der Waals surface area contributed by atoms with Gasteiger partial charge >= 0.3 is 0 Å². The maximum atomic E-state index is 13.0. The fourth-order valence-corrected chi connectivity index (χ4v) is 5.56. The molecule has 2 saturated heterocycles. The number of amides is 1. The third-order valence-electron chi connectivity index (χ3n) is 6.48. The quantitative estimate of drug-likeness (QED) is 0.485. The molecule has 0 radical (unpaired) electrons. The molecule has 2 aliphatic heterocycles. The van der Waals surface area contributed by atoms with Crippen LogP contribution in [0.15, 0.2) is 58.5 Å². The highest BCUT2D eigenvalue weighted by molar-refractivity contribution is 7.11. The fourth-order valence-electron chi connectivity index (χ4n) is 4.93.